The van der Waals surface area contributed by atoms with E-state index in [-0.39, 0.29) is 5.91 Å². The second-order valence-electron chi connectivity index (χ2n) is 4.77. The molecule has 0 aliphatic heterocycles. The second-order valence-corrected chi connectivity index (χ2v) is 5.55. The Balaban J connectivity index is 1.56. The molecule has 3 aromatic rings. The average Bonchev–Trinajstić information content (AvgIpc) is 3.16. The van der Waals surface area contributed by atoms with E-state index < -0.39 is 6.10 Å². The molecule has 1 atom stereocenters. The summed E-state index contributed by atoms with van der Waals surface area (Å²) in [5, 5.41) is 17.4. The second kappa shape index (κ2) is 6.11. The van der Waals surface area contributed by atoms with Crippen LogP contribution in [0.4, 0.5) is 0 Å². The lowest BCUT2D eigenvalue weighted by Crippen LogP contribution is -2.25. The van der Waals surface area contributed by atoms with Gasteiger partial charge in [0.15, 0.2) is 5.76 Å². The van der Waals surface area contributed by atoms with Gasteiger partial charge in [0.1, 0.15) is 5.58 Å². The summed E-state index contributed by atoms with van der Waals surface area (Å²) in [5.74, 6) is 0.0324. The number of hydrogen-bond acceptors (Lipinski definition) is 4. The Morgan fingerprint density at radius 1 is 1.33 bits per heavy atom. The number of carbonyl (C=O) groups is 1. The lowest BCUT2D eigenvalue weighted by Gasteiger charge is -2.09. The molecule has 0 bridgehead atoms. The van der Waals surface area contributed by atoms with Crippen LogP contribution in [0.5, 0.6) is 0 Å². The fourth-order valence-electron chi connectivity index (χ4n) is 2.13. The van der Waals surface area contributed by atoms with Crippen LogP contribution in [0.3, 0.4) is 0 Å². The Kier molecular flexibility index (Phi) is 4.03. The molecule has 2 heterocycles. The van der Waals surface area contributed by atoms with Crippen LogP contribution in [0.1, 0.15) is 28.6 Å². The van der Waals surface area contributed by atoms with E-state index in [1.165, 1.54) is 0 Å². The van der Waals surface area contributed by atoms with Gasteiger partial charge in [0, 0.05) is 11.9 Å². The van der Waals surface area contributed by atoms with Gasteiger partial charge in [-0.1, -0.05) is 18.2 Å². The molecule has 0 radical (unpaired) electrons. The van der Waals surface area contributed by atoms with E-state index in [4.69, 9.17) is 4.42 Å². The van der Waals surface area contributed by atoms with Crippen LogP contribution in [-0.4, -0.2) is 17.6 Å². The number of fused-ring (bicyclic) bond motifs is 1. The minimum atomic E-state index is -0.549. The highest BCUT2D eigenvalue weighted by molar-refractivity contribution is 7.07. The van der Waals surface area contributed by atoms with Crippen LogP contribution in [0, 0.1) is 0 Å². The van der Waals surface area contributed by atoms with E-state index >= 15 is 0 Å². The molecule has 0 saturated heterocycles. The van der Waals surface area contributed by atoms with Crippen LogP contribution in [0.15, 0.2) is 51.6 Å². The molecule has 0 spiro atoms. The maximum Gasteiger partial charge on any atom is 0.287 e. The first-order valence-electron chi connectivity index (χ1n) is 6.71. The first-order chi connectivity index (χ1) is 10.2. The summed E-state index contributed by atoms with van der Waals surface area (Å²) in [4.78, 5) is 12.0. The first-order valence-corrected chi connectivity index (χ1v) is 7.65. The van der Waals surface area contributed by atoms with Crippen molar-refractivity contribution in [1.29, 1.82) is 0 Å². The largest absolute Gasteiger partial charge is 0.451 e. The van der Waals surface area contributed by atoms with E-state index in [9.17, 15) is 9.90 Å². The van der Waals surface area contributed by atoms with Crippen molar-refractivity contribution in [3.8, 4) is 0 Å². The number of furan rings is 1. The molecule has 3 rings (SSSR count). The van der Waals surface area contributed by atoms with Gasteiger partial charge in [0.2, 0.25) is 0 Å². The predicted molar refractivity (Wildman–Crippen MR) is 82.4 cm³/mol. The normalized spacial score (nSPS) is 12.4. The molecule has 1 aromatic carbocycles. The highest BCUT2D eigenvalue weighted by Gasteiger charge is 2.13. The highest BCUT2D eigenvalue weighted by atomic mass is 32.1. The van der Waals surface area contributed by atoms with Gasteiger partial charge in [-0.2, -0.15) is 11.3 Å². The van der Waals surface area contributed by atoms with Gasteiger partial charge in [-0.15, -0.1) is 0 Å². The standard InChI is InChI=1S/C16H15NO3S/c18-13(12-6-8-21-10-12)5-7-17-16(19)15-9-11-3-1-2-4-14(11)20-15/h1-4,6,8-10,13,18H,5,7H2,(H,17,19)/t13-/m1/s1. The molecule has 0 aliphatic rings. The Bertz CT molecular complexity index is 700. The number of nitrogens with one attached hydrogen (secondary N) is 1. The van der Waals surface area contributed by atoms with E-state index in [2.05, 4.69) is 5.32 Å². The smallest absolute Gasteiger partial charge is 0.287 e. The fraction of sp³-hybridized carbons (Fsp3) is 0.188. The first kappa shape index (κ1) is 13.9. The topological polar surface area (TPSA) is 62.5 Å². The van der Waals surface area contributed by atoms with Crippen molar-refractivity contribution >= 4 is 28.2 Å². The molecule has 21 heavy (non-hydrogen) atoms. The van der Waals surface area contributed by atoms with Crippen molar-refractivity contribution in [1.82, 2.24) is 5.32 Å². The molecule has 0 saturated carbocycles. The Morgan fingerprint density at radius 2 is 2.19 bits per heavy atom. The number of para-hydroxylation sites is 1. The number of carbonyl (C=O) groups excluding carboxylic acids is 1. The summed E-state index contributed by atoms with van der Waals surface area (Å²) in [5.41, 5.74) is 1.58. The Hall–Kier alpha value is -2.11. The minimum absolute atomic E-state index is 0.260. The number of amides is 1. The van der Waals surface area contributed by atoms with Crippen molar-refractivity contribution in [2.45, 2.75) is 12.5 Å². The number of aliphatic hydroxyl groups excluding tert-OH is 1. The molecule has 2 N–H and O–H groups in total. The third kappa shape index (κ3) is 3.15. The van der Waals surface area contributed by atoms with Crippen LogP contribution >= 0.6 is 11.3 Å². The predicted octanol–water partition coefficient (Wildman–Crippen LogP) is 3.35. The van der Waals surface area contributed by atoms with Crippen LogP contribution in [0.2, 0.25) is 0 Å². The van der Waals surface area contributed by atoms with Gasteiger partial charge in [-0.25, -0.2) is 0 Å². The summed E-state index contributed by atoms with van der Waals surface area (Å²) in [6.45, 7) is 0.396. The lowest BCUT2D eigenvalue weighted by atomic mass is 10.1. The minimum Gasteiger partial charge on any atom is -0.451 e. The molecule has 2 aromatic heterocycles. The third-order valence-corrected chi connectivity index (χ3v) is 3.98. The van der Waals surface area contributed by atoms with Crippen molar-refractivity contribution in [3.63, 3.8) is 0 Å². The monoisotopic (exact) mass is 301 g/mol. The summed E-state index contributed by atoms with van der Waals surface area (Å²) in [7, 11) is 0. The number of hydrogen-bond donors (Lipinski definition) is 2. The Morgan fingerprint density at radius 3 is 2.95 bits per heavy atom. The molecule has 0 aliphatic carbocycles. The van der Waals surface area contributed by atoms with Gasteiger partial charge in [-0.3, -0.25) is 4.79 Å². The number of thiophene rings is 1. The molecule has 0 unspecified atom stereocenters. The Labute approximate surface area is 126 Å². The van der Waals surface area contributed by atoms with Crippen LogP contribution in [0.25, 0.3) is 11.0 Å². The van der Waals surface area contributed by atoms with Gasteiger partial charge in [0.25, 0.3) is 5.91 Å². The van der Waals surface area contributed by atoms with E-state index in [1.807, 2.05) is 41.1 Å². The molecule has 4 nitrogen and oxygen atoms in total. The quantitative estimate of drug-likeness (QED) is 0.759. The zero-order valence-electron chi connectivity index (χ0n) is 11.3. The van der Waals surface area contributed by atoms with E-state index in [0.29, 0.717) is 24.3 Å². The molecule has 5 heteroatoms. The molecule has 0 fully saturated rings. The van der Waals surface area contributed by atoms with Crippen LogP contribution < -0.4 is 5.32 Å². The van der Waals surface area contributed by atoms with Gasteiger partial charge in [-0.05, 0) is 40.9 Å². The zero-order chi connectivity index (χ0) is 14.7. The van der Waals surface area contributed by atoms with Crippen molar-refractivity contribution in [3.05, 3.63) is 58.5 Å². The maximum atomic E-state index is 12.0. The molecule has 1 amide bonds. The molecular formula is C16H15NO3S. The SMILES string of the molecule is O=C(NCC[C@@H](O)c1ccsc1)c1cc2ccccc2o1. The average molecular weight is 301 g/mol. The van der Waals surface area contributed by atoms with Crippen molar-refractivity contribution in [2.75, 3.05) is 6.54 Å². The maximum absolute atomic E-state index is 12.0. The zero-order valence-corrected chi connectivity index (χ0v) is 12.1. The summed E-state index contributed by atoms with van der Waals surface area (Å²) in [6.07, 6.45) is -0.0740. The van der Waals surface area contributed by atoms with Gasteiger partial charge in [0.05, 0.1) is 6.10 Å². The van der Waals surface area contributed by atoms with E-state index in [0.717, 1.165) is 10.9 Å². The summed E-state index contributed by atoms with van der Waals surface area (Å²) in [6, 6.07) is 11.1. The number of aliphatic hydroxyl groups is 1. The number of benzene rings is 1. The van der Waals surface area contributed by atoms with Crippen molar-refractivity contribution < 1.29 is 14.3 Å². The van der Waals surface area contributed by atoms with Gasteiger partial charge >= 0.3 is 0 Å². The number of rotatable bonds is 5. The highest BCUT2D eigenvalue weighted by Crippen LogP contribution is 2.20. The summed E-state index contributed by atoms with van der Waals surface area (Å²) < 4.78 is 5.49. The fourth-order valence-corrected chi connectivity index (χ4v) is 2.84. The van der Waals surface area contributed by atoms with Gasteiger partial charge < -0.3 is 14.8 Å². The van der Waals surface area contributed by atoms with Crippen molar-refractivity contribution in [2.24, 2.45) is 0 Å². The molecular weight excluding hydrogens is 286 g/mol. The third-order valence-electron chi connectivity index (χ3n) is 3.28. The molecule has 108 valence electrons. The lowest BCUT2D eigenvalue weighted by molar-refractivity contribution is 0.0917. The summed E-state index contributed by atoms with van der Waals surface area (Å²) >= 11 is 1.54. The van der Waals surface area contributed by atoms with Crippen LogP contribution in [-0.2, 0) is 0 Å². The van der Waals surface area contributed by atoms with E-state index in [1.54, 1.807) is 17.4 Å².